The van der Waals surface area contributed by atoms with Crippen LogP contribution in [-0.2, 0) is 12.3 Å². The molecule has 0 aliphatic heterocycles. The van der Waals surface area contributed by atoms with E-state index in [0.29, 0.717) is 5.75 Å². The lowest BCUT2D eigenvalue weighted by atomic mass is 10.3. The molecule has 0 bridgehead atoms. The maximum Gasteiger partial charge on any atom is 0.231 e. The number of nitrogens with zero attached hydrogens (tertiary/aromatic N) is 7. The van der Waals surface area contributed by atoms with Crippen molar-refractivity contribution in [3.63, 3.8) is 0 Å². The van der Waals surface area contributed by atoms with Gasteiger partial charge in [-0.05, 0) is 29.0 Å². The van der Waals surface area contributed by atoms with Crippen molar-refractivity contribution in [3.8, 4) is 0 Å². The van der Waals surface area contributed by atoms with Crippen LogP contribution in [0.5, 0.6) is 0 Å². The molecule has 8 nitrogen and oxygen atoms in total. The van der Waals surface area contributed by atoms with Gasteiger partial charge in [-0.15, -0.1) is 10.2 Å². The van der Waals surface area contributed by atoms with Crippen LogP contribution in [0.25, 0.3) is 16.8 Å². The van der Waals surface area contributed by atoms with Crippen molar-refractivity contribution in [1.29, 1.82) is 0 Å². The molecule has 9 heteroatoms. The normalized spacial score (nSPS) is 11.7. The van der Waals surface area contributed by atoms with Crippen LogP contribution < -0.4 is 0 Å². The van der Waals surface area contributed by atoms with Gasteiger partial charge in [0, 0.05) is 6.54 Å². The summed E-state index contributed by atoms with van der Waals surface area (Å²) in [6, 6.07) is 8.01. The summed E-state index contributed by atoms with van der Waals surface area (Å²) in [5.74, 6) is 2.27. The topological polar surface area (TPSA) is 89.6 Å². The molecule has 3 heterocycles. The number of tetrazole rings is 1. The van der Waals surface area contributed by atoms with E-state index in [0.717, 1.165) is 40.8 Å². The molecular formula is C13H14N8S. The van der Waals surface area contributed by atoms with Crippen LogP contribution in [0.1, 0.15) is 19.2 Å². The van der Waals surface area contributed by atoms with Crippen LogP contribution in [0, 0.1) is 0 Å². The number of fused-ring (bicyclic) bond motifs is 3. The van der Waals surface area contributed by atoms with Gasteiger partial charge in [-0.1, -0.05) is 30.8 Å². The Morgan fingerprint density at radius 2 is 2.18 bits per heavy atom. The monoisotopic (exact) mass is 314 g/mol. The van der Waals surface area contributed by atoms with E-state index in [1.54, 1.807) is 11.8 Å². The van der Waals surface area contributed by atoms with Crippen molar-refractivity contribution in [2.45, 2.75) is 30.8 Å². The van der Waals surface area contributed by atoms with Gasteiger partial charge >= 0.3 is 0 Å². The summed E-state index contributed by atoms with van der Waals surface area (Å²) in [6.07, 6.45) is 1.00. The van der Waals surface area contributed by atoms with Crippen LogP contribution >= 0.6 is 11.8 Å². The molecule has 0 amide bonds. The molecule has 22 heavy (non-hydrogen) atoms. The van der Waals surface area contributed by atoms with E-state index >= 15 is 0 Å². The lowest BCUT2D eigenvalue weighted by Crippen LogP contribution is -2.04. The Labute approximate surface area is 129 Å². The van der Waals surface area contributed by atoms with Gasteiger partial charge in [0.15, 0.2) is 11.0 Å². The van der Waals surface area contributed by atoms with Gasteiger partial charge in [0.1, 0.15) is 0 Å². The van der Waals surface area contributed by atoms with E-state index in [1.807, 2.05) is 33.3 Å². The molecule has 4 rings (SSSR count). The summed E-state index contributed by atoms with van der Waals surface area (Å²) < 4.78 is 3.86. The first kappa shape index (κ1) is 13.3. The Bertz CT molecular complexity index is 920. The van der Waals surface area contributed by atoms with E-state index < -0.39 is 0 Å². The SMILES string of the molecule is CCCn1nnnc1CSc1n[nH]c2nc3ccccc3n12. The number of imidazole rings is 1. The Hall–Kier alpha value is -2.42. The summed E-state index contributed by atoms with van der Waals surface area (Å²) >= 11 is 1.59. The Kier molecular flexibility index (Phi) is 3.26. The lowest BCUT2D eigenvalue weighted by Gasteiger charge is -2.01. The number of aromatic nitrogens is 8. The Morgan fingerprint density at radius 3 is 3.09 bits per heavy atom. The average Bonchev–Trinajstić information content (AvgIpc) is 3.21. The average molecular weight is 314 g/mol. The summed E-state index contributed by atoms with van der Waals surface area (Å²) in [5, 5.41) is 20.0. The predicted octanol–water partition coefficient (Wildman–Crippen LogP) is 1.90. The highest BCUT2D eigenvalue weighted by Gasteiger charge is 2.13. The highest BCUT2D eigenvalue weighted by atomic mass is 32.2. The van der Waals surface area contributed by atoms with Crippen LogP contribution in [0.15, 0.2) is 29.4 Å². The highest BCUT2D eigenvalue weighted by molar-refractivity contribution is 7.98. The summed E-state index contributed by atoms with van der Waals surface area (Å²) in [5.41, 5.74) is 2.00. The van der Waals surface area contributed by atoms with Crippen molar-refractivity contribution in [1.82, 2.24) is 39.8 Å². The molecule has 0 aliphatic carbocycles. The molecular weight excluding hydrogens is 300 g/mol. The molecule has 0 unspecified atom stereocenters. The minimum atomic E-state index is 0.666. The number of hydrogen-bond donors (Lipinski definition) is 1. The fourth-order valence-corrected chi connectivity index (χ4v) is 3.27. The number of aromatic amines is 1. The maximum atomic E-state index is 4.51. The van der Waals surface area contributed by atoms with Gasteiger partial charge in [-0.3, -0.25) is 4.40 Å². The Morgan fingerprint density at radius 1 is 1.27 bits per heavy atom. The molecule has 0 radical (unpaired) electrons. The number of benzene rings is 1. The number of thioether (sulfide) groups is 1. The molecule has 0 spiro atoms. The zero-order chi connectivity index (χ0) is 14.9. The zero-order valence-corrected chi connectivity index (χ0v) is 12.8. The van der Waals surface area contributed by atoms with E-state index in [1.165, 1.54) is 0 Å². The minimum Gasteiger partial charge on any atom is -0.254 e. The summed E-state index contributed by atoms with van der Waals surface area (Å²) in [6.45, 7) is 2.93. The van der Waals surface area contributed by atoms with Crippen molar-refractivity contribution in [2.24, 2.45) is 0 Å². The number of aryl methyl sites for hydroxylation is 1. The van der Waals surface area contributed by atoms with Crippen LogP contribution in [0.2, 0.25) is 0 Å². The van der Waals surface area contributed by atoms with Crippen molar-refractivity contribution < 1.29 is 0 Å². The van der Waals surface area contributed by atoms with Gasteiger partial charge in [0.05, 0.1) is 16.8 Å². The summed E-state index contributed by atoms with van der Waals surface area (Å²) in [7, 11) is 0. The van der Waals surface area contributed by atoms with Crippen molar-refractivity contribution in [3.05, 3.63) is 30.1 Å². The second-order valence-electron chi connectivity index (χ2n) is 4.87. The van der Waals surface area contributed by atoms with Gasteiger partial charge in [-0.2, -0.15) is 0 Å². The smallest absolute Gasteiger partial charge is 0.231 e. The van der Waals surface area contributed by atoms with Gasteiger partial charge < -0.3 is 0 Å². The third-order valence-corrected chi connectivity index (χ3v) is 4.31. The highest BCUT2D eigenvalue weighted by Crippen LogP contribution is 2.24. The fraction of sp³-hybridized carbons (Fsp3) is 0.308. The Balaban J connectivity index is 1.65. The third kappa shape index (κ3) is 2.13. The molecule has 1 aromatic carbocycles. The van der Waals surface area contributed by atoms with Gasteiger partial charge in [-0.25, -0.2) is 14.8 Å². The predicted molar refractivity (Wildman–Crippen MR) is 82.5 cm³/mol. The van der Waals surface area contributed by atoms with E-state index in [-0.39, 0.29) is 0 Å². The van der Waals surface area contributed by atoms with Crippen molar-refractivity contribution >= 4 is 28.6 Å². The molecule has 3 aromatic heterocycles. The standard InChI is InChI=1S/C13H14N8S/c1-2-7-20-11(15-18-19-20)8-22-13-17-16-12-14-9-5-3-4-6-10(9)21(12)13/h3-6H,2,7-8H2,1H3,(H,14,16). The minimum absolute atomic E-state index is 0.666. The zero-order valence-electron chi connectivity index (χ0n) is 12.0. The van der Waals surface area contributed by atoms with Crippen LogP contribution in [-0.4, -0.2) is 39.8 Å². The first-order valence-electron chi connectivity index (χ1n) is 7.06. The van der Waals surface area contributed by atoms with Gasteiger partial charge in [0.25, 0.3) is 0 Å². The number of H-pyrrole nitrogens is 1. The maximum absolute atomic E-state index is 4.51. The molecule has 4 aromatic rings. The van der Waals surface area contributed by atoms with Crippen LogP contribution in [0.3, 0.4) is 0 Å². The molecule has 1 N–H and O–H groups in total. The largest absolute Gasteiger partial charge is 0.254 e. The second-order valence-corrected chi connectivity index (χ2v) is 5.82. The number of nitrogens with one attached hydrogen (secondary N) is 1. The molecule has 112 valence electrons. The van der Waals surface area contributed by atoms with E-state index in [2.05, 4.69) is 37.6 Å². The summed E-state index contributed by atoms with van der Waals surface area (Å²) in [4.78, 5) is 4.51. The number of hydrogen-bond acceptors (Lipinski definition) is 6. The molecule has 0 saturated heterocycles. The second kappa shape index (κ2) is 5.41. The number of para-hydroxylation sites is 2. The van der Waals surface area contributed by atoms with E-state index in [4.69, 9.17) is 0 Å². The molecule has 0 aliphatic rings. The molecule has 0 saturated carbocycles. The quantitative estimate of drug-likeness (QED) is 0.566. The lowest BCUT2D eigenvalue weighted by molar-refractivity contribution is 0.564. The third-order valence-electron chi connectivity index (χ3n) is 3.38. The fourth-order valence-electron chi connectivity index (χ4n) is 2.38. The van der Waals surface area contributed by atoms with Crippen LogP contribution in [0.4, 0.5) is 0 Å². The van der Waals surface area contributed by atoms with Crippen molar-refractivity contribution in [2.75, 3.05) is 0 Å². The number of rotatable bonds is 5. The van der Waals surface area contributed by atoms with E-state index in [9.17, 15) is 0 Å². The first-order valence-corrected chi connectivity index (χ1v) is 8.05. The van der Waals surface area contributed by atoms with Gasteiger partial charge in [0.2, 0.25) is 5.78 Å². The molecule has 0 fully saturated rings. The first-order chi connectivity index (χ1) is 10.9. The molecule has 0 atom stereocenters.